The van der Waals surface area contributed by atoms with E-state index in [2.05, 4.69) is 21.2 Å². The van der Waals surface area contributed by atoms with Gasteiger partial charge in [-0.15, -0.1) is 0 Å². The van der Waals surface area contributed by atoms with Crippen LogP contribution in [0.4, 0.5) is 10.5 Å². The number of amides is 1. The summed E-state index contributed by atoms with van der Waals surface area (Å²) in [5.41, 5.74) is 7.26. The molecular formula is C15H21BrN2O2. The highest BCUT2D eigenvalue weighted by molar-refractivity contribution is 9.10. The number of hydrogen-bond acceptors (Lipinski definition) is 3. The van der Waals surface area contributed by atoms with Crippen molar-refractivity contribution in [2.24, 2.45) is 5.73 Å². The van der Waals surface area contributed by atoms with Gasteiger partial charge in [0.2, 0.25) is 0 Å². The minimum atomic E-state index is -0.513. The second-order valence-electron chi connectivity index (χ2n) is 6.30. The molecule has 1 saturated carbocycles. The molecular weight excluding hydrogens is 320 g/mol. The van der Waals surface area contributed by atoms with Crippen LogP contribution in [-0.2, 0) is 10.2 Å². The lowest BCUT2D eigenvalue weighted by Gasteiger charge is -2.22. The molecule has 2 rings (SSSR count). The predicted molar refractivity (Wildman–Crippen MR) is 84.0 cm³/mol. The van der Waals surface area contributed by atoms with Crippen molar-refractivity contribution >= 4 is 27.7 Å². The Morgan fingerprint density at radius 2 is 2.10 bits per heavy atom. The Bertz CT molecular complexity index is 519. The zero-order valence-electron chi connectivity index (χ0n) is 12.1. The summed E-state index contributed by atoms with van der Waals surface area (Å²) >= 11 is 3.43. The fourth-order valence-corrected chi connectivity index (χ4v) is 2.59. The Morgan fingerprint density at radius 1 is 1.45 bits per heavy atom. The van der Waals surface area contributed by atoms with Crippen LogP contribution in [0.2, 0.25) is 0 Å². The van der Waals surface area contributed by atoms with Gasteiger partial charge in [-0.05, 0) is 51.3 Å². The monoisotopic (exact) mass is 340 g/mol. The average molecular weight is 341 g/mol. The first-order valence-corrected chi connectivity index (χ1v) is 7.55. The van der Waals surface area contributed by atoms with E-state index in [1.165, 1.54) is 0 Å². The highest BCUT2D eigenvalue weighted by Gasteiger charge is 2.44. The summed E-state index contributed by atoms with van der Waals surface area (Å²) in [4.78, 5) is 11.9. The van der Waals surface area contributed by atoms with E-state index < -0.39 is 11.7 Å². The molecule has 0 aliphatic heterocycles. The molecule has 1 aliphatic carbocycles. The van der Waals surface area contributed by atoms with Gasteiger partial charge in [-0.1, -0.05) is 22.0 Å². The van der Waals surface area contributed by atoms with E-state index in [-0.39, 0.29) is 5.41 Å². The number of ether oxygens (including phenoxy) is 1. The average Bonchev–Trinajstić information content (AvgIpc) is 3.07. The van der Waals surface area contributed by atoms with Gasteiger partial charge in [0.05, 0.1) is 0 Å². The molecule has 3 N–H and O–H groups in total. The van der Waals surface area contributed by atoms with Crippen molar-refractivity contribution in [3.05, 3.63) is 28.2 Å². The van der Waals surface area contributed by atoms with Gasteiger partial charge in [-0.2, -0.15) is 0 Å². The van der Waals surface area contributed by atoms with E-state index in [1.54, 1.807) is 0 Å². The third-order valence-corrected chi connectivity index (χ3v) is 3.93. The van der Waals surface area contributed by atoms with Crippen molar-refractivity contribution in [3.8, 4) is 0 Å². The predicted octanol–water partition coefficient (Wildman–Crippen LogP) is 3.79. The lowest BCUT2D eigenvalue weighted by molar-refractivity contribution is 0.0635. The van der Waals surface area contributed by atoms with Gasteiger partial charge >= 0.3 is 6.09 Å². The lowest BCUT2D eigenvalue weighted by atomic mass is 9.94. The number of anilines is 1. The van der Waals surface area contributed by atoms with Crippen LogP contribution in [0.5, 0.6) is 0 Å². The molecule has 0 saturated heterocycles. The van der Waals surface area contributed by atoms with Gasteiger partial charge in [0.25, 0.3) is 0 Å². The molecule has 0 unspecified atom stereocenters. The molecule has 1 aliphatic rings. The number of carbonyl (C=O) groups is 1. The molecule has 0 spiro atoms. The number of carbonyl (C=O) groups excluding carboxylic acids is 1. The molecule has 20 heavy (non-hydrogen) atoms. The summed E-state index contributed by atoms with van der Waals surface area (Å²) in [6, 6.07) is 5.90. The molecule has 0 atom stereocenters. The number of benzene rings is 1. The Morgan fingerprint density at radius 3 is 2.60 bits per heavy atom. The van der Waals surface area contributed by atoms with Crippen molar-refractivity contribution < 1.29 is 9.53 Å². The molecule has 1 fully saturated rings. The first kappa shape index (κ1) is 15.3. The molecule has 0 heterocycles. The van der Waals surface area contributed by atoms with Crippen molar-refractivity contribution in [2.75, 3.05) is 11.9 Å². The van der Waals surface area contributed by atoms with Crippen molar-refractivity contribution in [3.63, 3.8) is 0 Å². The van der Waals surface area contributed by atoms with E-state index in [0.29, 0.717) is 6.54 Å². The van der Waals surface area contributed by atoms with Gasteiger partial charge in [0, 0.05) is 22.1 Å². The molecule has 0 radical (unpaired) electrons. The van der Waals surface area contributed by atoms with Crippen molar-refractivity contribution in [1.82, 2.24) is 0 Å². The topological polar surface area (TPSA) is 64.3 Å². The maximum atomic E-state index is 11.9. The summed E-state index contributed by atoms with van der Waals surface area (Å²) in [5, 5.41) is 2.84. The number of rotatable bonds is 3. The van der Waals surface area contributed by atoms with Crippen LogP contribution >= 0.6 is 15.9 Å². The largest absolute Gasteiger partial charge is 0.444 e. The minimum absolute atomic E-state index is 0.0189. The molecule has 4 nitrogen and oxygen atoms in total. The van der Waals surface area contributed by atoms with Gasteiger partial charge in [0.1, 0.15) is 5.60 Å². The molecule has 0 bridgehead atoms. The molecule has 5 heteroatoms. The second kappa shape index (κ2) is 5.37. The standard InChI is InChI=1S/C15H21BrN2O2/c1-14(2,3)20-13(19)18-12-8-10(16)4-5-11(12)15(9-17)6-7-15/h4-5,8H,6-7,9,17H2,1-3H3,(H,18,19). The van der Waals surface area contributed by atoms with Crippen LogP contribution in [0, 0.1) is 0 Å². The molecule has 110 valence electrons. The van der Waals surface area contributed by atoms with Gasteiger partial charge in [-0.25, -0.2) is 4.79 Å². The quantitative estimate of drug-likeness (QED) is 0.879. The molecule has 1 aromatic rings. The highest BCUT2D eigenvalue weighted by Crippen LogP contribution is 2.50. The van der Waals surface area contributed by atoms with Crippen LogP contribution in [0.1, 0.15) is 39.2 Å². The molecule has 1 amide bonds. The summed E-state index contributed by atoms with van der Waals surface area (Å²) in [5.74, 6) is 0. The fraction of sp³-hybridized carbons (Fsp3) is 0.533. The Kier molecular flexibility index (Phi) is 4.12. The number of halogens is 1. The Balaban J connectivity index is 2.23. The third-order valence-electron chi connectivity index (χ3n) is 3.43. The summed E-state index contributed by atoms with van der Waals surface area (Å²) in [6.07, 6.45) is 1.69. The van der Waals surface area contributed by atoms with Gasteiger partial charge < -0.3 is 10.5 Å². The zero-order valence-corrected chi connectivity index (χ0v) is 13.7. The van der Waals surface area contributed by atoms with Crippen LogP contribution in [0.25, 0.3) is 0 Å². The first-order chi connectivity index (χ1) is 9.26. The SMILES string of the molecule is CC(C)(C)OC(=O)Nc1cc(Br)ccc1C1(CN)CC1. The van der Waals surface area contributed by atoms with Crippen molar-refractivity contribution in [1.29, 1.82) is 0 Å². The van der Waals surface area contributed by atoms with Crippen LogP contribution < -0.4 is 11.1 Å². The van der Waals surface area contributed by atoms with Crippen molar-refractivity contribution in [2.45, 2.75) is 44.6 Å². The first-order valence-electron chi connectivity index (χ1n) is 6.76. The van der Waals surface area contributed by atoms with E-state index in [4.69, 9.17) is 10.5 Å². The summed E-state index contributed by atoms with van der Waals surface area (Å²) in [7, 11) is 0. The number of nitrogens with two attached hydrogens (primary N) is 1. The fourth-order valence-electron chi connectivity index (χ4n) is 2.23. The maximum Gasteiger partial charge on any atom is 0.412 e. The van der Waals surface area contributed by atoms with Gasteiger partial charge in [-0.3, -0.25) is 5.32 Å². The highest BCUT2D eigenvalue weighted by atomic mass is 79.9. The van der Waals surface area contributed by atoms with E-state index in [0.717, 1.165) is 28.6 Å². The van der Waals surface area contributed by atoms with E-state index >= 15 is 0 Å². The van der Waals surface area contributed by atoms with Gasteiger partial charge in [0.15, 0.2) is 0 Å². The zero-order chi connectivity index (χ0) is 15.0. The minimum Gasteiger partial charge on any atom is -0.444 e. The summed E-state index contributed by atoms with van der Waals surface area (Å²) < 4.78 is 6.22. The Labute approximate surface area is 128 Å². The van der Waals surface area contributed by atoms with E-state index in [1.807, 2.05) is 39.0 Å². The maximum absolute atomic E-state index is 11.9. The summed E-state index contributed by atoms with van der Waals surface area (Å²) in [6.45, 7) is 6.13. The van der Waals surface area contributed by atoms with Crippen LogP contribution in [-0.4, -0.2) is 18.2 Å². The Hall–Kier alpha value is -1.07. The number of nitrogens with one attached hydrogen (secondary N) is 1. The van der Waals surface area contributed by atoms with Crippen LogP contribution in [0.15, 0.2) is 22.7 Å². The van der Waals surface area contributed by atoms with E-state index in [9.17, 15) is 4.79 Å². The normalized spacial score (nSPS) is 16.6. The molecule has 1 aromatic carbocycles. The van der Waals surface area contributed by atoms with Crippen LogP contribution in [0.3, 0.4) is 0 Å². The number of hydrogen-bond donors (Lipinski definition) is 2. The smallest absolute Gasteiger partial charge is 0.412 e. The second-order valence-corrected chi connectivity index (χ2v) is 7.22. The third kappa shape index (κ3) is 3.52. The molecule has 0 aromatic heterocycles. The lowest BCUT2D eigenvalue weighted by Crippen LogP contribution is -2.28.